The molecule has 0 aliphatic carbocycles. The van der Waals surface area contributed by atoms with Crippen LogP contribution in [0.5, 0.6) is 0 Å². The Morgan fingerprint density at radius 3 is 2.41 bits per heavy atom. The third-order valence-electron chi connectivity index (χ3n) is 6.19. The fourth-order valence-electron chi connectivity index (χ4n) is 4.31. The lowest BCUT2D eigenvalue weighted by Crippen LogP contribution is -2.49. The summed E-state index contributed by atoms with van der Waals surface area (Å²) in [6, 6.07) is 20.0. The van der Waals surface area contributed by atoms with E-state index in [1.807, 2.05) is 49.4 Å². The molecular formula is C26H25F2NO3. The van der Waals surface area contributed by atoms with Crippen LogP contribution in [0, 0.1) is 11.6 Å². The zero-order chi connectivity index (χ0) is 22.7. The predicted octanol–water partition coefficient (Wildman–Crippen LogP) is 5.81. The molecule has 1 heterocycles. The van der Waals surface area contributed by atoms with Crippen molar-refractivity contribution in [3.8, 4) is 11.1 Å². The second-order valence-corrected chi connectivity index (χ2v) is 8.07. The van der Waals surface area contributed by atoms with E-state index in [1.54, 1.807) is 17.0 Å². The molecule has 0 radical (unpaired) electrons. The standard InChI is InChI=1S/C26H25F2NO3/c1-18(19-7-9-20(10-8-19)23-12-11-22(27)17-24(23)28)29-15-13-26(14-16-30,32-25(29)31)21-5-3-2-4-6-21/h2-12,17-18,30H,13-16H2,1H3/t18-,26?/m0/s1. The molecule has 0 bridgehead atoms. The monoisotopic (exact) mass is 437 g/mol. The van der Waals surface area contributed by atoms with Gasteiger partial charge in [0.1, 0.15) is 17.2 Å². The van der Waals surface area contributed by atoms with Gasteiger partial charge >= 0.3 is 6.09 Å². The number of nitrogens with zero attached hydrogens (tertiary/aromatic N) is 1. The van der Waals surface area contributed by atoms with E-state index in [-0.39, 0.29) is 12.6 Å². The van der Waals surface area contributed by atoms with Crippen LogP contribution in [0.2, 0.25) is 0 Å². The highest BCUT2D eigenvalue weighted by Crippen LogP contribution is 2.39. The molecule has 1 N–H and O–H groups in total. The van der Waals surface area contributed by atoms with Gasteiger partial charge in [-0.05, 0) is 35.7 Å². The molecule has 0 saturated carbocycles. The fourth-order valence-corrected chi connectivity index (χ4v) is 4.31. The van der Waals surface area contributed by atoms with Crippen LogP contribution in [0.3, 0.4) is 0 Å². The molecule has 1 amide bonds. The second kappa shape index (κ2) is 9.09. The summed E-state index contributed by atoms with van der Waals surface area (Å²) in [6.45, 7) is 2.30. The molecule has 4 rings (SSSR count). The molecular weight excluding hydrogens is 412 g/mol. The molecule has 0 aromatic heterocycles. The summed E-state index contributed by atoms with van der Waals surface area (Å²) in [4.78, 5) is 14.6. The third-order valence-corrected chi connectivity index (χ3v) is 6.19. The SMILES string of the molecule is C[C@@H](c1ccc(-c2ccc(F)cc2F)cc1)N1CCC(CCO)(c2ccccc2)OC1=O. The van der Waals surface area contributed by atoms with Gasteiger partial charge < -0.3 is 14.7 Å². The van der Waals surface area contributed by atoms with Crippen molar-refractivity contribution in [2.75, 3.05) is 13.2 Å². The van der Waals surface area contributed by atoms with Crippen LogP contribution in [0.15, 0.2) is 72.8 Å². The molecule has 6 heteroatoms. The number of carbonyl (C=O) groups is 1. The van der Waals surface area contributed by atoms with Crippen LogP contribution in [0.1, 0.15) is 36.9 Å². The van der Waals surface area contributed by atoms with Gasteiger partial charge in [-0.1, -0.05) is 54.6 Å². The maximum absolute atomic E-state index is 14.1. The van der Waals surface area contributed by atoms with E-state index in [1.165, 1.54) is 12.1 Å². The molecule has 1 unspecified atom stereocenters. The highest BCUT2D eigenvalue weighted by atomic mass is 19.1. The number of rotatable bonds is 6. The maximum atomic E-state index is 14.1. The van der Waals surface area contributed by atoms with Gasteiger partial charge in [-0.3, -0.25) is 0 Å². The number of hydrogen-bond donors (Lipinski definition) is 1. The number of amides is 1. The van der Waals surface area contributed by atoms with Gasteiger partial charge in [0.25, 0.3) is 0 Å². The lowest BCUT2D eigenvalue weighted by atomic mass is 9.85. The first-order chi connectivity index (χ1) is 15.4. The van der Waals surface area contributed by atoms with Crippen LogP contribution in [0.25, 0.3) is 11.1 Å². The average Bonchev–Trinajstić information content (AvgIpc) is 2.80. The Morgan fingerprint density at radius 1 is 1.06 bits per heavy atom. The number of aliphatic hydroxyl groups excluding tert-OH is 1. The Balaban J connectivity index is 1.52. The molecule has 1 aliphatic heterocycles. The van der Waals surface area contributed by atoms with Crippen molar-refractivity contribution in [1.82, 2.24) is 4.90 Å². The molecule has 166 valence electrons. The maximum Gasteiger partial charge on any atom is 0.411 e. The Kier molecular flexibility index (Phi) is 6.24. The van der Waals surface area contributed by atoms with E-state index in [4.69, 9.17) is 4.74 Å². The molecule has 3 aromatic rings. The van der Waals surface area contributed by atoms with Gasteiger partial charge in [0.2, 0.25) is 0 Å². The van der Waals surface area contributed by atoms with Crippen molar-refractivity contribution in [2.45, 2.75) is 31.4 Å². The van der Waals surface area contributed by atoms with Crippen LogP contribution < -0.4 is 0 Å². The first-order valence-electron chi connectivity index (χ1n) is 10.6. The molecule has 1 saturated heterocycles. The number of cyclic esters (lactones) is 1. The van der Waals surface area contributed by atoms with Crippen molar-refractivity contribution >= 4 is 6.09 Å². The largest absolute Gasteiger partial charge is 0.438 e. The Hall–Kier alpha value is -3.25. The van der Waals surface area contributed by atoms with Gasteiger partial charge in [0.15, 0.2) is 0 Å². The van der Waals surface area contributed by atoms with E-state index in [9.17, 15) is 18.7 Å². The van der Waals surface area contributed by atoms with Gasteiger partial charge in [-0.2, -0.15) is 0 Å². The van der Waals surface area contributed by atoms with Crippen molar-refractivity contribution in [3.05, 3.63) is 95.6 Å². The highest BCUT2D eigenvalue weighted by Gasteiger charge is 2.43. The number of benzene rings is 3. The Labute approximate surface area is 186 Å². The Morgan fingerprint density at radius 2 is 1.78 bits per heavy atom. The zero-order valence-electron chi connectivity index (χ0n) is 17.8. The summed E-state index contributed by atoms with van der Waals surface area (Å²) in [7, 11) is 0. The van der Waals surface area contributed by atoms with E-state index in [2.05, 4.69) is 0 Å². The predicted molar refractivity (Wildman–Crippen MR) is 118 cm³/mol. The van der Waals surface area contributed by atoms with Crippen LogP contribution in [-0.4, -0.2) is 29.3 Å². The Bertz CT molecular complexity index is 1090. The molecule has 1 aliphatic rings. The van der Waals surface area contributed by atoms with Crippen LogP contribution in [0.4, 0.5) is 13.6 Å². The number of carbonyl (C=O) groups excluding carboxylic acids is 1. The van der Waals surface area contributed by atoms with Gasteiger partial charge in [0.05, 0.1) is 6.04 Å². The average molecular weight is 437 g/mol. The van der Waals surface area contributed by atoms with Gasteiger partial charge in [-0.15, -0.1) is 0 Å². The van der Waals surface area contributed by atoms with Gasteiger partial charge in [-0.25, -0.2) is 13.6 Å². The summed E-state index contributed by atoms with van der Waals surface area (Å²) >= 11 is 0. The molecule has 2 atom stereocenters. The van der Waals surface area contributed by atoms with Crippen LogP contribution in [-0.2, 0) is 10.3 Å². The lowest BCUT2D eigenvalue weighted by molar-refractivity contribution is -0.0718. The summed E-state index contributed by atoms with van der Waals surface area (Å²) < 4.78 is 33.2. The van der Waals surface area contributed by atoms with E-state index in [0.29, 0.717) is 30.5 Å². The number of halogens is 2. The number of aliphatic hydroxyl groups is 1. The quantitative estimate of drug-likeness (QED) is 0.529. The smallest absolute Gasteiger partial charge is 0.411 e. The molecule has 4 nitrogen and oxygen atoms in total. The third kappa shape index (κ3) is 4.23. The first kappa shape index (κ1) is 22.0. The lowest BCUT2D eigenvalue weighted by Gasteiger charge is -2.43. The molecule has 1 fully saturated rings. The van der Waals surface area contributed by atoms with Crippen molar-refractivity contribution in [1.29, 1.82) is 0 Å². The minimum atomic E-state index is -0.840. The molecule has 0 spiro atoms. The van der Waals surface area contributed by atoms with Crippen molar-refractivity contribution in [3.63, 3.8) is 0 Å². The van der Waals surface area contributed by atoms with Gasteiger partial charge in [0, 0.05) is 37.6 Å². The summed E-state index contributed by atoms with van der Waals surface area (Å²) in [5.41, 5.74) is 1.86. The molecule has 3 aromatic carbocycles. The van der Waals surface area contributed by atoms with Crippen LogP contribution >= 0.6 is 0 Å². The number of hydrogen-bond acceptors (Lipinski definition) is 3. The normalized spacial score (nSPS) is 19.5. The zero-order valence-corrected chi connectivity index (χ0v) is 17.8. The highest BCUT2D eigenvalue weighted by molar-refractivity contribution is 5.70. The molecule has 32 heavy (non-hydrogen) atoms. The summed E-state index contributed by atoms with van der Waals surface area (Å²) in [5, 5.41) is 9.59. The fraction of sp³-hybridized carbons (Fsp3) is 0.269. The minimum Gasteiger partial charge on any atom is -0.438 e. The van der Waals surface area contributed by atoms with Crippen molar-refractivity contribution < 1.29 is 23.4 Å². The van der Waals surface area contributed by atoms with E-state index in [0.717, 1.165) is 17.2 Å². The summed E-state index contributed by atoms with van der Waals surface area (Å²) in [6.07, 6.45) is 0.463. The van der Waals surface area contributed by atoms with E-state index < -0.39 is 23.3 Å². The summed E-state index contributed by atoms with van der Waals surface area (Å²) in [5.74, 6) is -1.24. The second-order valence-electron chi connectivity index (χ2n) is 8.07. The minimum absolute atomic E-state index is 0.0842. The first-order valence-corrected chi connectivity index (χ1v) is 10.6. The number of ether oxygens (including phenoxy) is 1. The topological polar surface area (TPSA) is 49.8 Å². The van der Waals surface area contributed by atoms with E-state index >= 15 is 0 Å². The van der Waals surface area contributed by atoms with Crippen molar-refractivity contribution in [2.24, 2.45) is 0 Å².